The summed E-state index contributed by atoms with van der Waals surface area (Å²) >= 11 is 0. The maximum absolute atomic E-state index is 12.3. The molecule has 1 aliphatic heterocycles. The van der Waals surface area contributed by atoms with E-state index in [4.69, 9.17) is 5.73 Å². The van der Waals surface area contributed by atoms with Crippen LogP contribution in [0.4, 0.5) is 0 Å². The van der Waals surface area contributed by atoms with Crippen molar-refractivity contribution in [3.63, 3.8) is 0 Å². The number of amides is 1. The summed E-state index contributed by atoms with van der Waals surface area (Å²) in [7, 11) is 4.19. The zero-order valence-corrected chi connectivity index (χ0v) is 11.8. The lowest BCUT2D eigenvalue weighted by molar-refractivity contribution is -0.131. The van der Waals surface area contributed by atoms with Crippen LogP contribution < -0.4 is 5.73 Å². The van der Waals surface area contributed by atoms with Gasteiger partial charge in [0, 0.05) is 31.6 Å². The summed E-state index contributed by atoms with van der Waals surface area (Å²) in [6.45, 7) is 1.84. The van der Waals surface area contributed by atoms with E-state index in [1.165, 1.54) is 12.8 Å². The quantitative estimate of drug-likeness (QED) is 0.818. The highest BCUT2D eigenvalue weighted by molar-refractivity contribution is 5.76. The Labute approximate surface area is 110 Å². The number of likely N-dealkylation sites (N-methyl/N-ethyl adjacent to an activating group) is 1. The molecule has 0 aromatic heterocycles. The molecule has 1 amide bonds. The van der Waals surface area contributed by atoms with Crippen molar-refractivity contribution in [2.24, 2.45) is 11.7 Å². The second kappa shape index (κ2) is 6.02. The lowest BCUT2D eigenvalue weighted by atomic mass is 9.84. The maximum Gasteiger partial charge on any atom is 0.222 e. The van der Waals surface area contributed by atoms with Crippen molar-refractivity contribution in [2.45, 2.75) is 50.6 Å². The average Bonchev–Trinajstić information content (AvgIpc) is 2.78. The molecule has 0 spiro atoms. The van der Waals surface area contributed by atoms with Gasteiger partial charge in [-0.3, -0.25) is 4.79 Å². The molecular formula is C14H27N3O. The van der Waals surface area contributed by atoms with Crippen molar-refractivity contribution in [1.29, 1.82) is 0 Å². The minimum Gasteiger partial charge on any atom is -0.341 e. The van der Waals surface area contributed by atoms with E-state index < -0.39 is 0 Å². The van der Waals surface area contributed by atoms with Crippen molar-refractivity contribution in [2.75, 3.05) is 27.2 Å². The Kier molecular flexibility index (Phi) is 4.62. The lowest BCUT2D eigenvalue weighted by Crippen LogP contribution is -2.36. The van der Waals surface area contributed by atoms with Gasteiger partial charge in [0.05, 0.1) is 0 Å². The van der Waals surface area contributed by atoms with Gasteiger partial charge in [-0.1, -0.05) is 6.42 Å². The molecule has 4 nitrogen and oxygen atoms in total. The molecule has 0 bridgehead atoms. The topological polar surface area (TPSA) is 49.6 Å². The van der Waals surface area contributed by atoms with Crippen LogP contribution >= 0.6 is 0 Å². The number of hydrogen-bond donors (Lipinski definition) is 1. The van der Waals surface area contributed by atoms with E-state index in [0.29, 0.717) is 30.3 Å². The van der Waals surface area contributed by atoms with Crippen molar-refractivity contribution in [3.05, 3.63) is 0 Å². The molecule has 18 heavy (non-hydrogen) atoms. The molecule has 2 N–H and O–H groups in total. The van der Waals surface area contributed by atoms with Crippen LogP contribution in [0.2, 0.25) is 0 Å². The second-order valence-electron chi connectivity index (χ2n) is 6.24. The highest BCUT2D eigenvalue weighted by Gasteiger charge is 2.29. The molecule has 1 heterocycles. The maximum atomic E-state index is 12.3. The first kappa shape index (κ1) is 13.8. The van der Waals surface area contributed by atoms with Gasteiger partial charge in [-0.15, -0.1) is 0 Å². The summed E-state index contributed by atoms with van der Waals surface area (Å²) in [5.74, 6) is 0.873. The van der Waals surface area contributed by atoms with E-state index in [2.05, 4.69) is 19.0 Å². The minimum atomic E-state index is 0.324. The largest absolute Gasteiger partial charge is 0.341 e. The highest BCUT2D eigenvalue weighted by Crippen LogP contribution is 2.27. The Morgan fingerprint density at radius 3 is 2.72 bits per heavy atom. The van der Waals surface area contributed by atoms with Crippen molar-refractivity contribution < 1.29 is 4.79 Å². The van der Waals surface area contributed by atoms with Gasteiger partial charge in [-0.2, -0.15) is 0 Å². The normalized spacial score (nSPS) is 33.1. The Morgan fingerprint density at radius 1 is 1.33 bits per heavy atom. The van der Waals surface area contributed by atoms with Crippen molar-refractivity contribution in [1.82, 2.24) is 9.80 Å². The summed E-state index contributed by atoms with van der Waals surface area (Å²) < 4.78 is 0. The van der Waals surface area contributed by atoms with Gasteiger partial charge in [0.1, 0.15) is 0 Å². The van der Waals surface area contributed by atoms with E-state index in [0.717, 1.165) is 32.4 Å². The first-order valence-corrected chi connectivity index (χ1v) is 7.26. The monoisotopic (exact) mass is 253 g/mol. The zero-order chi connectivity index (χ0) is 13.1. The molecule has 0 aromatic carbocycles. The van der Waals surface area contributed by atoms with Crippen LogP contribution in [0.3, 0.4) is 0 Å². The molecule has 2 fully saturated rings. The first-order chi connectivity index (χ1) is 8.56. The van der Waals surface area contributed by atoms with E-state index in [-0.39, 0.29) is 0 Å². The minimum absolute atomic E-state index is 0.324. The average molecular weight is 253 g/mol. The molecule has 1 saturated heterocycles. The van der Waals surface area contributed by atoms with Gasteiger partial charge >= 0.3 is 0 Å². The summed E-state index contributed by atoms with van der Waals surface area (Å²) in [5, 5.41) is 0. The third-order valence-electron chi connectivity index (χ3n) is 4.53. The molecule has 104 valence electrons. The van der Waals surface area contributed by atoms with Crippen LogP contribution in [0.5, 0.6) is 0 Å². The van der Waals surface area contributed by atoms with Crippen LogP contribution in [0, 0.1) is 5.92 Å². The number of nitrogens with two attached hydrogens (primary N) is 1. The predicted octanol–water partition coefficient (Wildman–Crippen LogP) is 1.06. The number of nitrogens with zero attached hydrogens (tertiary/aromatic N) is 2. The standard InChI is InChI=1S/C14H27N3O/c1-16(2)13-6-7-17(10-13)14(18)9-11-4-3-5-12(15)8-11/h11-13H,3-10,15H2,1-2H3. The van der Waals surface area contributed by atoms with E-state index in [1.807, 2.05) is 4.90 Å². The summed E-state index contributed by atoms with van der Waals surface area (Å²) in [5.41, 5.74) is 5.98. The number of likely N-dealkylation sites (tertiary alicyclic amines) is 1. The molecule has 1 saturated carbocycles. The fourth-order valence-corrected chi connectivity index (χ4v) is 3.28. The van der Waals surface area contributed by atoms with Crippen LogP contribution in [0.25, 0.3) is 0 Å². The van der Waals surface area contributed by atoms with Crippen LogP contribution in [-0.4, -0.2) is 55.0 Å². The molecule has 0 aromatic rings. The van der Waals surface area contributed by atoms with Crippen molar-refractivity contribution >= 4 is 5.91 Å². The SMILES string of the molecule is CN(C)C1CCN(C(=O)CC2CCCC(N)C2)C1. The molecule has 2 rings (SSSR count). The number of hydrogen-bond acceptors (Lipinski definition) is 3. The van der Waals surface area contributed by atoms with Crippen molar-refractivity contribution in [3.8, 4) is 0 Å². The summed E-state index contributed by atoms with van der Waals surface area (Å²) in [6.07, 6.45) is 6.38. The molecule has 4 heteroatoms. The molecule has 3 atom stereocenters. The molecular weight excluding hydrogens is 226 g/mol. The second-order valence-corrected chi connectivity index (χ2v) is 6.24. The van der Waals surface area contributed by atoms with Gasteiger partial charge in [-0.25, -0.2) is 0 Å². The Balaban J connectivity index is 1.78. The Bertz CT molecular complexity index is 293. The smallest absolute Gasteiger partial charge is 0.222 e. The van der Waals surface area contributed by atoms with Gasteiger partial charge < -0.3 is 15.5 Å². The van der Waals surface area contributed by atoms with Crippen LogP contribution in [-0.2, 0) is 4.79 Å². The van der Waals surface area contributed by atoms with E-state index >= 15 is 0 Å². The molecule has 0 radical (unpaired) electrons. The molecule has 1 aliphatic carbocycles. The lowest BCUT2D eigenvalue weighted by Gasteiger charge is -2.28. The van der Waals surface area contributed by atoms with Gasteiger partial charge in [0.15, 0.2) is 0 Å². The fraction of sp³-hybridized carbons (Fsp3) is 0.929. The third-order valence-corrected chi connectivity index (χ3v) is 4.53. The summed E-state index contributed by atoms with van der Waals surface area (Å²) in [4.78, 5) is 16.5. The molecule has 3 unspecified atom stereocenters. The Morgan fingerprint density at radius 2 is 2.11 bits per heavy atom. The van der Waals surface area contributed by atoms with E-state index in [1.54, 1.807) is 0 Å². The Hall–Kier alpha value is -0.610. The number of rotatable bonds is 3. The fourth-order valence-electron chi connectivity index (χ4n) is 3.28. The zero-order valence-electron chi connectivity index (χ0n) is 11.8. The highest BCUT2D eigenvalue weighted by atomic mass is 16.2. The first-order valence-electron chi connectivity index (χ1n) is 7.26. The van der Waals surface area contributed by atoms with E-state index in [9.17, 15) is 4.79 Å². The summed E-state index contributed by atoms with van der Waals surface area (Å²) in [6, 6.07) is 0.868. The van der Waals surface area contributed by atoms with Gasteiger partial charge in [0.25, 0.3) is 0 Å². The van der Waals surface area contributed by atoms with Gasteiger partial charge in [-0.05, 0) is 45.7 Å². The van der Waals surface area contributed by atoms with Gasteiger partial charge in [0.2, 0.25) is 5.91 Å². The van der Waals surface area contributed by atoms with Crippen LogP contribution in [0.1, 0.15) is 38.5 Å². The van der Waals surface area contributed by atoms with Crippen LogP contribution in [0.15, 0.2) is 0 Å². The third kappa shape index (κ3) is 3.45. The number of carbonyl (C=O) groups is 1. The molecule has 2 aliphatic rings. The predicted molar refractivity (Wildman–Crippen MR) is 73.2 cm³/mol. The number of carbonyl (C=O) groups excluding carboxylic acids is 1.